The van der Waals surface area contributed by atoms with E-state index in [1.807, 2.05) is 38.1 Å². The van der Waals surface area contributed by atoms with Crippen LogP contribution in [0.4, 0.5) is 5.82 Å². The highest BCUT2D eigenvalue weighted by Gasteiger charge is 2.26. The van der Waals surface area contributed by atoms with Gasteiger partial charge in [-0.25, -0.2) is 14.8 Å². The molecule has 1 atom stereocenters. The lowest BCUT2D eigenvalue weighted by molar-refractivity contribution is 0.0450. The normalized spacial score (nSPS) is 12.3. The van der Waals surface area contributed by atoms with Gasteiger partial charge in [-0.3, -0.25) is 4.57 Å². The number of benzene rings is 2. The van der Waals surface area contributed by atoms with Crippen LogP contribution in [-0.4, -0.2) is 32.2 Å². The Bertz CT molecular complexity index is 1220. The lowest BCUT2D eigenvalue weighted by Crippen LogP contribution is -2.13. The highest BCUT2D eigenvalue weighted by atomic mass is 16.5. The van der Waals surface area contributed by atoms with E-state index in [4.69, 9.17) is 15.5 Å². The Balaban J connectivity index is 1.96. The standard InChI is InChI=1S/C22H22N4O3/c1-3-13(2)12-29-22(28)18-19-21(25-17-10-5-4-9-16(17)24-19)26(20(18)23)14-7-6-8-15(27)11-14/h4-11,13,27H,3,12,23H2,1-2H3/t13-/m1/s1. The van der Waals surface area contributed by atoms with Crippen LogP contribution in [0.1, 0.15) is 30.6 Å². The predicted molar refractivity (Wildman–Crippen MR) is 112 cm³/mol. The quantitative estimate of drug-likeness (QED) is 0.498. The van der Waals surface area contributed by atoms with Gasteiger partial charge < -0.3 is 15.6 Å². The molecule has 148 valence electrons. The molecule has 0 saturated heterocycles. The van der Waals surface area contributed by atoms with E-state index < -0.39 is 5.97 Å². The van der Waals surface area contributed by atoms with Crippen molar-refractivity contribution in [1.29, 1.82) is 0 Å². The number of phenolic OH excluding ortho intramolecular Hbond substituents is 1. The maximum absolute atomic E-state index is 12.9. The Morgan fingerprint density at radius 2 is 1.90 bits per heavy atom. The van der Waals surface area contributed by atoms with E-state index in [2.05, 4.69) is 4.98 Å². The van der Waals surface area contributed by atoms with Crippen LogP contribution in [0.3, 0.4) is 0 Å². The Labute approximate surface area is 167 Å². The molecule has 0 aliphatic rings. The van der Waals surface area contributed by atoms with Crippen molar-refractivity contribution in [1.82, 2.24) is 14.5 Å². The van der Waals surface area contributed by atoms with Crippen LogP contribution in [0, 0.1) is 5.92 Å². The fourth-order valence-corrected chi connectivity index (χ4v) is 3.16. The van der Waals surface area contributed by atoms with Gasteiger partial charge in [-0.05, 0) is 30.2 Å². The van der Waals surface area contributed by atoms with Gasteiger partial charge in [-0.2, -0.15) is 0 Å². The number of hydrogen-bond acceptors (Lipinski definition) is 6. The molecule has 0 fully saturated rings. The van der Waals surface area contributed by atoms with Crippen LogP contribution < -0.4 is 5.73 Å². The Hall–Kier alpha value is -3.61. The maximum Gasteiger partial charge on any atom is 0.344 e. The van der Waals surface area contributed by atoms with E-state index in [1.165, 1.54) is 0 Å². The van der Waals surface area contributed by atoms with Crippen molar-refractivity contribution in [3.05, 3.63) is 54.1 Å². The number of nitrogens with zero attached hydrogens (tertiary/aromatic N) is 3. The highest BCUT2D eigenvalue weighted by Crippen LogP contribution is 2.32. The van der Waals surface area contributed by atoms with Gasteiger partial charge in [0.25, 0.3) is 0 Å². The van der Waals surface area contributed by atoms with Crippen LogP contribution in [-0.2, 0) is 4.74 Å². The van der Waals surface area contributed by atoms with Crippen LogP contribution in [0.25, 0.3) is 27.9 Å². The number of carbonyl (C=O) groups excluding carboxylic acids is 1. The Morgan fingerprint density at radius 3 is 2.59 bits per heavy atom. The number of rotatable bonds is 5. The van der Waals surface area contributed by atoms with Crippen LogP contribution in [0.2, 0.25) is 0 Å². The molecular formula is C22H22N4O3. The summed E-state index contributed by atoms with van der Waals surface area (Å²) >= 11 is 0. The molecule has 29 heavy (non-hydrogen) atoms. The summed E-state index contributed by atoms with van der Waals surface area (Å²) in [6, 6.07) is 14.0. The van der Waals surface area contributed by atoms with Crippen molar-refractivity contribution in [2.45, 2.75) is 20.3 Å². The second-order valence-corrected chi connectivity index (χ2v) is 7.11. The molecule has 0 saturated carbocycles. The lowest BCUT2D eigenvalue weighted by atomic mass is 10.1. The van der Waals surface area contributed by atoms with E-state index in [0.717, 1.165) is 6.42 Å². The fraction of sp³-hybridized carbons (Fsp3) is 0.227. The van der Waals surface area contributed by atoms with Crippen LogP contribution in [0.15, 0.2) is 48.5 Å². The van der Waals surface area contributed by atoms with Crippen molar-refractivity contribution in [3.63, 3.8) is 0 Å². The molecule has 2 aromatic heterocycles. The molecule has 2 heterocycles. The maximum atomic E-state index is 12.9. The molecular weight excluding hydrogens is 368 g/mol. The van der Waals surface area contributed by atoms with E-state index in [-0.39, 0.29) is 23.0 Å². The number of fused-ring (bicyclic) bond motifs is 2. The van der Waals surface area contributed by atoms with Gasteiger partial charge in [-0.15, -0.1) is 0 Å². The van der Waals surface area contributed by atoms with Gasteiger partial charge in [0, 0.05) is 6.07 Å². The number of esters is 1. The third-order valence-electron chi connectivity index (χ3n) is 4.99. The first kappa shape index (κ1) is 18.7. The van der Waals surface area contributed by atoms with Gasteiger partial charge in [0.05, 0.1) is 23.3 Å². The summed E-state index contributed by atoms with van der Waals surface area (Å²) < 4.78 is 7.12. The fourth-order valence-electron chi connectivity index (χ4n) is 3.16. The Kier molecular flexibility index (Phi) is 4.80. The number of nitrogens with two attached hydrogens (primary N) is 1. The van der Waals surface area contributed by atoms with Gasteiger partial charge in [0.1, 0.15) is 22.6 Å². The molecule has 2 aromatic carbocycles. The topological polar surface area (TPSA) is 103 Å². The summed E-state index contributed by atoms with van der Waals surface area (Å²) in [4.78, 5) is 22.3. The monoisotopic (exact) mass is 390 g/mol. The molecule has 0 spiro atoms. The number of nitrogen functional groups attached to an aromatic ring is 1. The first-order chi connectivity index (χ1) is 14.0. The van der Waals surface area contributed by atoms with E-state index in [0.29, 0.717) is 34.5 Å². The van der Waals surface area contributed by atoms with Crippen LogP contribution >= 0.6 is 0 Å². The molecule has 3 N–H and O–H groups in total. The minimum atomic E-state index is -0.531. The average molecular weight is 390 g/mol. The van der Waals surface area contributed by atoms with Crippen molar-refractivity contribution in [2.24, 2.45) is 5.92 Å². The van der Waals surface area contributed by atoms with Gasteiger partial charge in [0.2, 0.25) is 0 Å². The SMILES string of the molecule is CC[C@@H](C)COC(=O)c1c(N)n(-c2cccc(O)c2)c2nc3ccccc3nc12. The Morgan fingerprint density at radius 1 is 1.17 bits per heavy atom. The zero-order valence-electron chi connectivity index (χ0n) is 16.3. The minimum absolute atomic E-state index is 0.0818. The molecule has 7 nitrogen and oxygen atoms in total. The molecule has 4 rings (SSSR count). The average Bonchev–Trinajstić information content (AvgIpc) is 3.00. The number of carbonyl (C=O) groups is 1. The van der Waals surface area contributed by atoms with Gasteiger partial charge in [-0.1, -0.05) is 38.5 Å². The van der Waals surface area contributed by atoms with Crippen molar-refractivity contribution in [3.8, 4) is 11.4 Å². The third-order valence-corrected chi connectivity index (χ3v) is 4.99. The number of ether oxygens (including phenoxy) is 1. The number of hydrogen-bond donors (Lipinski definition) is 2. The zero-order chi connectivity index (χ0) is 20.5. The van der Waals surface area contributed by atoms with Crippen molar-refractivity contribution < 1.29 is 14.6 Å². The van der Waals surface area contributed by atoms with E-state index in [9.17, 15) is 9.90 Å². The van der Waals surface area contributed by atoms with Crippen molar-refractivity contribution in [2.75, 3.05) is 12.3 Å². The molecule has 0 aliphatic carbocycles. The third kappa shape index (κ3) is 3.35. The molecule has 0 unspecified atom stereocenters. The lowest BCUT2D eigenvalue weighted by Gasteiger charge is -2.10. The summed E-state index contributed by atoms with van der Waals surface area (Å²) in [7, 11) is 0. The number of phenols is 1. The predicted octanol–water partition coefficient (Wildman–Crippen LogP) is 4.06. The smallest absolute Gasteiger partial charge is 0.344 e. The summed E-state index contributed by atoms with van der Waals surface area (Å²) in [5.41, 5.74) is 9.31. The van der Waals surface area contributed by atoms with E-state index in [1.54, 1.807) is 28.8 Å². The highest BCUT2D eigenvalue weighted by molar-refractivity contribution is 6.09. The first-order valence-electron chi connectivity index (χ1n) is 9.52. The molecule has 4 aromatic rings. The number of aromatic nitrogens is 3. The largest absolute Gasteiger partial charge is 0.508 e. The molecule has 0 aliphatic heterocycles. The first-order valence-corrected chi connectivity index (χ1v) is 9.52. The number of para-hydroxylation sites is 2. The van der Waals surface area contributed by atoms with Crippen LogP contribution in [0.5, 0.6) is 5.75 Å². The summed E-state index contributed by atoms with van der Waals surface area (Å²) in [6.45, 7) is 4.35. The molecule has 7 heteroatoms. The molecule has 0 radical (unpaired) electrons. The van der Waals surface area contributed by atoms with E-state index >= 15 is 0 Å². The second kappa shape index (κ2) is 7.43. The summed E-state index contributed by atoms with van der Waals surface area (Å²) in [5.74, 6) is -0.0313. The second-order valence-electron chi connectivity index (χ2n) is 7.11. The summed E-state index contributed by atoms with van der Waals surface area (Å²) in [5, 5.41) is 9.92. The minimum Gasteiger partial charge on any atom is -0.508 e. The molecule has 0 bridgehead atoms. The summed E-state index contributed by atoms with van der Waals surface area (Å²) in [6.07, 6.45) is 0.901. The van der Waals surface area contributed by atoms with Gasteiger partial charge in [0.15, 0.2) is 5.65 Å². The van der Waals surface area contributed by atoms with Crippen molar-refractivity contribution >= 4 is 34.0 Å². The zero-order valence-corrected chi connectivity index (χ0v) is 16.3. The molecule has 0 amide bonds. The number of anilines is 1. The number of aromatic hydroxyl groups is 1. The van der Waals surface area contributed by atoms with Gasteiger partial charge >= 0.3 is 5.97 Å².